The smallest absolute Gasteiger partial charge is 0.0494 e. The largest absolute Gasteiger partial charge is 0.370 e. The quantitative estimate of drug-likeness (QED) is 0.715. The SMILES string of the molecule is Cc1ccc(N(C)Cc2ccc(Cl)cc2)c(CCl)c1. The summed E-state index contributed by atoms with van der Waals surface area (Å²) in [5.74, 6) is 0.530. The maximum atomic E-state index is 6.03. The van der Waals surface area contributed by atoms with Crippen LogP contribution in [-0.4, -0.2) is 7.05 Å². The average molecular weight is 294 g/mol. The van der Waals surface area contributed by atoms with Crippen LogP contribution >= 0.6 is 23.2 Å². The average Bonchev–Trinajstić information content (AvgIpc) is 2.41. The first-order valence-electron chi connectivity index (χ1n) is 6.21. The first-order chi connectivity index (χ1) is 9.10. The highest BCUT2D eigenvalue weighted by Crippen LogP contribution is 2.24. The van der Waals surface area contributed by atoms with Crippen molar-refractivity contribution in [2.24, 2.45) is 0 Å². The molecule has 2 rings (SSSR count). The maximum Gasteiger partial charge on any atom is 0.0494 e. The monoisotopic (exact) mass is 293 g/mol. The Hall–Kier alpha value is -1.18. The van der Waals surface area contributed by atoms with Crippen LogP contribution < -0.4 is 4.90 Å². The highest BCUT2D eigenvalue weighted by molar-refractivity contribution is 6.30. The van der Waals surface area contributed by atoms with Crippen LogP contribution in [0.1, 0.15) is 16.7 Å². The van der Waals surface area contributed by atoms with Gasteiger partial charge in [-0.05, 0) is 36.2 Å². The van der Waals surface area contributed by atoms with Crippen molar-refractivity contribution >= 4 is 28.9 Å². The fourth-order valence-corrected chi connectivity index (χ4v) is 2.48. The number of halogens is 2. The summed E-state index contributed by atoms with van der Waals surface area (Å²) in [6.07, 6.45) is 0. The summed E-state index contributed by atoms with van der Waals surface area (Å²) < 4.78 is 0. The van der Waals surface area contributed by atoms with E-state index in [1.54, 1.807) is 0 Å². The lowest BCUT2D eigenvalue weighted by Crippen LogP contribution is -2.17. The van der Waals surface area contributed by atoms with E-state index in [4.69, 9.17) is 23.2 Å². The van der Waals surface area contributed by atoms with Gasteiger partial charge in [-0.15, -0.1) is 11.6 Å². The van der Waals surface area contributed by atoms with Gasteiger partial charge in [0.25, 0.3) is 0 Å². The minimum atomic E-state index is 0.530. The van der Waals surface area contributed by atoms with E-state index in [9.17, 15) is 0 Å². The van der Waals surface area contributed by atoms with Gasteiger partial charge in [0.2, 0.25) is 0 Å². The van der Waals surface area contributed by atoms with E-state index >= 15 is 0 Å². The van der Waals surface area contributed by atoms with E-state index in [1.807, 2.05) is 24.3 Å². The van der Waals surface area contributed by atoms with Crippen molar-refractivity contribution in [3.05, 3.63) is 64.2 Å². The fraction of sp³-hybridized carbons (Fsp3) is 0.250. The molecule has 0 aliphatic carbocycles. The molecule has 2 aromatic carbocycles. The number of aryl methyl sites for hydroxylation is 1. The third-order valence-corrected chi connectivity index (χ3v) is 3.66. The summed E-state index contributed by atoms with van der Waals surface area (Å²) in [7, 11) is 2.08. The Labute approximate surface area is 124 Å². The van der Waals surface area contributed by atoms with Crippen LogP contribution in [0.25, 0.3) is 0 Å². The first kappa shape index (κ1) is 14.2. The minimum absolute atomic E-state index is 0.530. The molecule has 0 amide bonds. The minimum Gasteiger partial charge on any atom is -0.370 e. The van der Waals surface area contributed by atoms with Crippen molar-refractivity contribution in [3.8, 4) is 0 Å². The van der Waals surface area contributed by atoms with E-state index in [1.165, 1.54) is 16.8 Å². The van der Waals surface area contributed by atoms with Gasteiger partial charge < -0.3 is 4.90 Å². The Bertz CT molecular complexity index is 549. The van der Waals surface area contributed by atoms with E-state index in [-0.39, 0.29) is 0 Å². The Morgan fingerprint density at radius 3 is 2.37 bits per heavy atom. The predicted molar refractivity (Wildman–Crippen MR) is 84.3 cm³/mol. The lowest BCUT2D eigenvalue weighted by atomic mass is 10.1. The summed E-state index contributed by atoms with van der Waals surface area (Å²) in [4.78, 5) is 2.21. The number of hydrogen-bond acceptors (Lipinski definition) is 1. The molecule has 0 bridgehead atoms. The van der Waals surface area contributed by atoms with Crippen LogP contribution in [0.4, 0.5) is 5.69 Å². The van der Waals surface area contributed by atoms with Crippen molar-refractivity contribution in [2.75, 3.05) is 11.9 Å². The van der Waals surface area contributed by atoms with Crippen LogP contribution in [0, 0.1) is 6.92 Å². The maximum absolute atomic E-state index is 6.03. The molecule has 0 spiro atoms. The van der Waals surface area contributed by atoms with Crippen molar-refractivity contribution in [3.63, 3.8) is 0 Å². The van der Waals surface area contributed by atoms with E-state index in [0.717, 1.165) is 17.1 Å². The highest BCUT2D eigenvalue weighted by Gasteiger charge is 2.07. The van der Waals surface area contributed by atoms with Gasteiger partial charge >= 0.3 is 0 Å². The Morgan fingerprint density at radius 1 is 1.05 bits per heavy atom. The van der Waals surface area contributed by atoms with Gasteiger partial charge in [0.1, 0.15) is 0 Å². The first-order valence-corrected chi connectivity index (χ1v) is 7.12. The lowest BCUT2D eigenvalue weighted by Gasteiger charge is -2.22. The summed E-state index contributed by atoms with van der Waals surface area (Å²) >= 11 is 11.9. The van der Waals surface area contributed by atoms with Crippen molar-refractivity contribution in [2.45, 2.75) is 19.3 Å². The standard InChI is InChI=1S/C16H17Cl2N/c1-12-3-8-16(14(9-12)10-17)19(2)11-13-4-6-15(18)7-5-13/h3-9H,10-11H2,1-2H3. The third-order valence-electron chi connectivity index (χ3n) is 3.12. The zero-order valence-electron chi connectivity index (χ0n) is 11.2. The molecule has 19 heavy (non-hydrogen) atoms. The van der Waals surface area contributed by atoms with Gasteiger partial charge in [0, 0.05) is 30.2 Å². The molecule has 0 aliphatic heterocycles. The molecule has 100 valence electrons. The molecule has 0 radical (unpaired) electrons. The Balaban J connectivity index is 2.19. The molecule has 0 atom stereocenters. The topological polar surface area (TPSA) is 3.24 Å². The third kappa shape index (κ3) is 3.65. The van der Waals surface area contributed by atoms with Gasteiger partial charge in [0.05, 0.1) is 0 Å². The fourth-order valence-electron chi connectivity index (χ4n) is 2.14. The Morgan fingerprint density at radius 2 is 1.74 bits per heavy atom. The molecule has 0 aromatic heterocycles. The van der Waals surface area contributed by atoms with Gasteiger partial charge in [0.15, 0.2) is 0 Å². The summed E-state index contributed by atoms with van der Waals surface area (Å²) in [6, 6.07) is 14.3. The molecular weight excluding hydrogens is 277 g/mol. The van der Waals surface area contributed by atoms with Crippen LogP contribution in [0.5, 0.6) is 0 Å². The molecule has 0 aliphatic rings. The molecule has 0 N–H and O–H groups in total. The number of anilines is 1. The predicted octanol–water partition coefficient (Wildman–Crippen LogP) is 5.02. The normalized spacial score (nSPS) is 10.5. The highest BCUT2D eigenvalue weighted by atomic mass is 35.5. The molecule has 0 saturated heterocycles. The summed E-state index contributed by atoms with van der Waals surface area (Å²) in [5.41, 5.74) is 4.81. The Kier molecular flexibility index (Phi) is 4.73. The number of rotatable bonds is 4. The molecule has 0 saturated carbocycles. The number of benzene rings is 2. The van der Waals surface area contributed by atoms with Crippen molar-refractivity contribution in [1.82, 2.24) is 0 Å². The molecule has 0 heterocycles. The van der Waals surface area contributed by atoms with Crippen LogP contribution in [-0.2, 0) is 12.4 Å². The molecule has 3 heteroatoms. The molecular formula is C16H17Cl2N. The molecule has 1 nitrogen and oxygen atoms in total. The lowest BCUT2D eigenvalue weighted by molar-refractivity contribution is 0.915. The number of nitrogens with zero attached hydrogens (tertiary/aromatic N) is 1. The number of alkyl halides is 1. The molecule has 0 fully saturated rings. The zero-order valence-corrected chi connectivity index (χ0v) is 12.7. The van der Waals surface area contributed by atoms with Crippen molar-refractivity contribution < 1.29 is 0 Å². The number of hydrogen-bond donors (Lipinski definition) is 0. The van der Waals surface area contributed by atoms with Gasteiger partial charge in [-0.3, -0.25) is 0 Å². The second kappa shape index (κ2) is 6.31. The summed E-state index contributed by atoms with van der Waals surface area (Å²) in [5, 5.41) is 0.767. The van der Waals surface area contributed by atoms with Gasteiger partial charge in [-0.25, -0.2) is 0 Å². The van der Waals surface area contributed by atoms with E-state index in [2.05, 4.69) is 37.1 Å². The zero-order chi connectivity index (χ0) is 13.8. The van der Waals surface area contributed by atoms with Crippen LogP contribution in [0.3, 0.4) is 0 Å². The van der Waals surface area contributed by atoms with Gasteiger partial charge in [-0.2, -0.15) is 0 Å². The second-order valence-corrected chi connectivity index (χ2v) is 5.45. The van der Waals surface area contributed by atoms with Crippen LogP contribution in [0.15, 0.2) is 42.5 Å². The second-order valence-electron chi connectivity index (χ2n) is 4.75. The molecule has 0 unspecified atom stereocenters. The molecule has 2 aromatic rings. The van der Waals surface area contributed by atoms with Crippen LogP contribution in [0.2, 0.25) is 5.02 Å². The van der Waals surface area contributed by atoms with E-state index < -0.39 is 0 Å². The van der Waals surface area contributed by atoms with Gasteiger partial charge in [-0.1, -0.05) is 41.4 Å². The summed E-state index contributed by atoms with van der Waals surface area (Å²) in [6.45, 7) is 2.92. The van der Waals surface area contributed by atoms with Crippen molar-refractivity contribution in [1.29, 1.82) is 0 Å². The van der Waals surface area contributed by atoms with E-state index in [0.29, 0.717) is 5.88 Å².